The third-order valence-electron chi connectivity index (χ3n) is 4.20. The molecule has 2 aliphatic rings. The van der Waals surface area contributed by atoms with Crippen molar-refractivity contribution in [1.29, 1.82) is 0 Å². The lowest BCUT2D eigenvalue weighted by molar-refractivity contribution is 0.248. The van der Waals surface area contributed by atoms with E-state index in [1.165, 1.54) is 37.2 Å². The maximum absolute atomic E-state index is 6.10. The Morgan fingerprint density at radius 2 is 1.89 bits per heavy atom. The van der Waals surface area contributed by atoms with Gasteiger partial charge in [0.2, 0.25) is 0 Å². The highest BCUT2D eigenvalue weighted by Gasteiger charge is 2.31. The van der Waals surface area contributed by atoms with Gasteiger partial charge in [-0.15, -0.1) is 0 Å². The van der Waals surface area contributed by atoms with Crippen molar-refractivity contribution in [2.45, 2.75) is 31.8 Å². The van der Waals surface area contributed by atoms with Crippen molar-refractivity contribution in [3.8, 4) is 0 Å². The summed E-state index contributed by atoms with van der Waals surface area (Å²) in [5.41, 5.74) is 8.66. The first kappa shape index (κ1) is 13.4. The van der Waals surface area contributed by atoms with E-state index in [9.17, 15) is 0 Å². The van der Waals surface area contributed by atoms with Crippen LogP contribution in [-0.2, 0) is 0 Å². The first-order valence-electron chi connectivity index (χ1n) is 7.19. The first-order chi connectivity index (χ1) is 9.15. The van der Waals surface area contributed by atoms with Crippen LogP contribution in [0.2, 0.25) is 0 Å². The zero-order valence-electron chi connectivity index (χ0n) is 11.5. The van der Waals surface area contributed by atoms with E-state index < -0.39 is 0 Å². The van der Waals surface area contributed by atoms with Gasteiger partial charge < -0.3 is 10.6 Å². The van der Waals surface area contributed by atoms with E-state index in [0.717, 1.165) is 23.6 Å². The Labute approximate surface area is 123 Å². The van der Waals surface area contributed by atoms with E-state index in [-0.39, 0.29) is 6.04 Å². The van der Waals surface area contributed by atoms with Crippen molar-refractivity contribution in [1.82, 2.24) is 4.90 Å². The molecule has 0 bridgehead atoms. The molecule has 3 rings (SSSR count). The quantitative estimate of drug-likeness (QED) is 0.928. The predicted molar refractivity (Wildman–Crippen MR) is 83.6 cm³/mol. The van der Waals surface area contributed by atoms with Crippen molar-refractivity contribution in [2.24, 2.45) is 5.73 Å². The van der Waals surface area contributed by atoms with Crippen LogP contribution in [0.1, 0.15) is 31.4 Å². The average Bonchev–Trinajstić information content (AvgIpc) is 3.23. The molecule has 1 aliphatic carbocycles. The molecular weight excluding hydrogens is 302 g/mol. The number of nitrogens with zero attached hydrogens (tertiary/aromatic N) is 2. The van der Waals surface area contributed by atoms with Crippen LogP contribution in [0, 0.1) is 0 Å². The maximum atomic E-state index is 6.10. The topological polar surface area (TPSA) is 32.5 Å². The van der Waals surface area contributed by atoms with E-state index in [1.807, 2.05) is 0 Å². The minimum atomic E-state index is 0.0876. The van der Waals surface area contributed by atoms with Gasteiger partial charge in [0.15, 0.2) is 0 Å². The van der Waals surface area contributed by atoms with E-state index in [1.54, 1.807) is 0 Å². The summed E-state index contributed by atoms with van der Waals surface area (Å²) in [5, 5.41) is 0. The largest absolute Gasteiger partial charge is 0.369 e. The monoisotopic (exact) mass is 323 g/mol. The minimum Gasteiger partial charge on any atom is -0.369 e. The van der Waals surface area contributed by atoms with Crippen LogP contribution in [0.25, 0.3) is 0 Å². The van der Waals surface area contributed by atoms with E-state index >= 15 is 0 Å². The van der Waals surface area contributed by atoms with E-state index in [4.69, 9.17) is 5.73 Å². The van der Waals surface area contributed by atoms with Crippen LogP contribution in [0.4, 0.5) is 5.69 Å². The fraction of sp³-hybridized carbons (Fsp3) is 0.600. The minimum absolute atomic E-state index is 0.0876. The van der Waals surface area contributed by atoms with Gasteiger partial charge in [0.25, 0.3) is 0 Å². The summed E-state index contributed by atoms with van der Waals surface area (Å²) in [4.78, 5) is 5.13. The molecule has 2 N–H and O–H groups in total. The second kappa shape index (κ2) is 5.43. The van der Waals surface area contributed by atoms with Gasteiger partial charge in [0, 0.05) is 48.4 Å². The molecule has 1 aliphatic heterocycles. The SMILES string of the molecule is CC(N)c1ccc(Br)cc1N1CCN(C2CC2)CC1. The van der Waals surface area contributed by atoms with Crippen LogP contribution in [-0.4, -0.2) is 37.1 Å². The fourth-order valence-electron chi connectivity index (χ4n) is 2.94. The van der Waals surface area contributed by atoms with Gasteiger partial charge in [-0.1, -0.05) is 22.0 Å². The van der Waals surface area contributed by atoms with Crippen LogP contribution >= 0.6 is 15.9 Å². The number of rotatable bonds is 3. The Hall–Kier alpha value is -0.580. The van der Waals surface area contributed by atoms with Gasteiger partial charge >= 0.3 is 0 Å². The maximum Gasteiger partial charge on any atom is 0.0426 e. The molecular formula is C15H22BrN3. The third-order valence-corrected chi connectivity index (χ3v) is 4.69. The Bertz CT molecular complexity index is 449. The number of halogens is 1. The molecule has 104 valence electrons. The van der Waals surface area contributed by atoms with Crippen LogP contribution in [0.3, 0.4) is 0 Å². The molecule has 19 heavy (non-hydrogen) atoms. The average molecular weight is 324 g/mol. The highest BCUT2D eigenvalue weighted by molar-refractivity contribution is 9.10. The van der Waals surface area contributed by atoms with Gasteiger partial charge in [-0.05, 0) is 37.5 Å². The number of piperazine rings is 1. The Kier molecular flexibility index (Phi) is 3.83. The summed E-state index contributed by atoms with van der Waals surface area (Å²) < 4.78 is 1.14. The fourth-order valence-corrected chi connectivity index (χ4v) is 3.29. The van der Waals surface area contributed by atoms with Gasteiger partial charge in [-0.2, -0.15) is 0 Å². The second-order valence-corrected chi connectivity index (χ2v) is 6.66. The molecule has 1 unspecified atom stereocenters. The number of hydrogen-bond acceptors (Lipinski definition) is 3. The highest BCUT2D eigenvalue weighted by Crippen LogP contribution is 2.32. The zero-order chi connectivity index (χ0) is 13.4. The summed E-state index contributed by atoms with van der Waals surface area (Å²) in [6.07, 6.45) is 2.81. The Balaban J connectivity index is 1.76. The van der Waals surface area contributed by atoms with E-state index in [2.05, 4.69) is 50.9 Å². The second-order valence-electron chi connectivity index (χ2n) is 5.75. The van der Waals surface area contributed by atoms with Gasteiger partial charge in [-0.25, -0.2) is 0 Å². The van der Waals surface area contributed by atoms with Gasteiger partial charge in [0.1, 0.15) is 0 Å². The smallest absolute Gasteiger partial charge is 0.0426 e. The number of hydrogen-bond donors (Lipinski definition) is 1. The van der Waals surface area contributed by atoms with Crippen LogP contribution in [0.5, 0.6) is 0 Å². The lowest BCUT2D eigenvalue weighted by Crippen LogP contribution is -2.47. The van der Waals surface area contributed by atoms with Crippen LogP contribution in [0.15, 0.2) is 22.7 Å². The summed E-state index contributed by atoms with van der Waals surface area (Å²) >= 11 is 3.58. The third kappa shape index (κ3) is 2.96. The van der Waals surface area contributed by atoms with Gasteiger partial charge in [0.05, 0.1) is 0 Å². The molecule has 0 aromatic heterocycles. The van der Waals surface area contributed by atoms with Crippen molar-refractivity contribution >= 4 is 21.6 Å². The lowest BCUT2D eigenvalue weighted by atomic mass is 10.1. The molecule has 0 amide bonds. The molecule has 1 atom stereocenters. The van der Waals surface area contributed by atoms with Crippen molar-refractivity contribution in [3.05, 3.63) is 28.2 Å². The molecule has 1 saturated heterocycles. The zero-order valence-corrected chi connectivity index (χ0v) is 13.1. The standard InChI is InChI=1S/C15H22BrN3/c1-11(17)14-5-2-12(16)10-15(14)19-8-6-18(7-9-19)13-3-4-13/h2,5,10-11,13H,3-4,6-9,17H2,1H3. The number of nitrogens with two attached hydrogens (primary N) is 1. The summed E-state index contributed by atoms with van der Waals surface area (Å²) in [6, 6.07) is 7.42. The molecule has 0 radical (unpaired) electrons. The highest BCUT2D eigenvalue weighted by atomic mass is 79.9. The Morgan fingerprint density at radius 3 is 2.47 bits per heavy atom. The molecule has 4 heteroatoms. The normalized spacial score (nSPS) is 22.6. The molecule has 1 heterocycles. The van der Waals surface area contributed by atoms with Crippen molar-refractivity contribution in [2.75, 3.05) is 31.1 Å². The van der Waals surface area contributed by atoms with E-state index in [0.29, 0.717) is 0 Å². The predicted octanol–water partition coefficient (Wildman–Crippen LogP) is 2.75. The summed E-state index contributed by atoms with van der Waals surface area (Å²) in [5.74, 6) is 0. The van der Waals surface area contributed by atoms with Crippen molar-refractivity contribution in [3.63, 3.8) is 0 Å². The molecule has 2 fully saturated rings. The molecule has 1 aromatic rings. The molecule has 1 saturated carbocycles. The molecule has 3 nitrogen and oxygen atoms in total. The Morgan fingerprint density at radius 1 is 1.21 bits per heavy atom. The summed E-state index contributed by atoms with van der Waals surface area (Å²) in [6.45, 7) is 6.68. The number of anilines is 1. The number of benzene rings is 1. The first-order valence-corrected chi connectivity index (χ1v) is 7.98. The molecule has 1 aromatic carbocycles. The lowest BCUT2D eigenvalue weighted by Gasteiger charge is -2.37. The van der Waals surface area contributed by atoms with Crippen molar-refractivity contribution < 1.29 is 0 Å². The van der Waals surface area contributed by atoms with Crippen LogP contribution < -0.4 is 10.6 Å². The van der Waals surface area contributed by atoms with Gasteiger partial charge in [-0.3, -0.25) is 4.90 Å². The summed E-state index contributed by atoms with van der Waals surface area (Å²) in [7, 11) is 0. The molecule has 0 spiro atoms.